The van der Waals surface area contributed by atoms with Crippen molar-refractivity contribution < 1.29 is 14.3 Å². The van der Waals surface area contributed by atoms with Gasteiger partial charge in [0, 0.05) is 28.1 Å². The summed E-state index contributed by atoms with van der Waals surface area (Å²) < 4.78 is 10.1. The van der Waals surface area contributed by atoms with Crippen LogP contribution in [-0.2, 0) is 0 Å². The van der Waals surface area contributed by atoms with E-state index in [1.807, 2.05) is 32.0 Å². The number of hydrogen-bond donors (Lipinski definition) is 2. The van der Waals surface area contributed by atoms with Gasteiger partial charge >= 0.3 is 0 Å². The number of nitrogen functional groups attached to an aromatic ring is 2. The highest BCUT2D eigenvalue weighted by Crippen LogP contribution is 2.26. The van der Waals surface area contributed by atoms with Crippen molar-refractivity contribution in [2.24, 2.45) is 0 Å². The minimum absolute atomic E-state index is 0.0248. The van der Waals surface area contributed by atoms with E-state index in [-0.39, 0.29) is 5.78 Å². The number of nitrogens with two attached hydrogens (primary N) is 2. The highest BCUT2D eigenvalue weighted by atomic mass is 16.5. The van der Waals surface area contributed by atoms with Crippen LogP contribution in [0.5, 0.6) is 11.5 Å². The molecule has 0 aliphatic rings. The summed E-state index contributed by atoms with van der Waals surface area (Å²) in [6.07, 6.45) is 0. The number of carbonyl (C=O) groups is 1. The van der Waals surface area contributed by atoms with Gasteiger partial charge in [0.05, 0.1) is 14.2 Å². The normalized spacial score (nSPS) is 9.61. The Morgan fingerprint density at radius 3 is 1.96 bits per heavy atom. The second-order valence-corrected chi connectivity index (χ2v) is 5.08. The summed E-state index contributed by atoms with van der Waals surface area (Å²) in [4.78, 5) is 11.1. The van der Waals surface area contributed by atoms with Gasteiger partial charge in [-0.15, -0.1) is 0 Å². The first-order valence-corrected chi connectivity index (χ1v) is 7.16. The number of anilines is 2. The zero-order valence-corrected chi connectivity index (χ0v) is 14.3. The number of ketones is 1. The number of Topliss-reactive ketones (excluding diaryl/α,β-unsaturated/α-hetero) is 1. The first-order valence-electron chi connectivity index (χ1n) is 7.16. The fourth-order valence-electron chi connectivity index (χ4n) is 2.09. The highest BCUT2D eigenvalue weighted by molar-refractivity contribution is 6.00. The lowest BCUT2D eigenvalue weighted by molar-refractivity contribution is 0.101. The molecule has 5 heteroatoms. The van der Waals surface area contributed by atoms with Crippen molar-refractivity contribution in [3.05, 3.63) is 47.0 Å². The molecule has 124 valence electrons. The molecular formula is C18H24N2O3. The van der Waals surface area contributed by atoms with Crippen molar-refractivity contribution in [2.45, 2.75) is 20.8 Å². The Balaban J connectivity index is 0.000000238. The lowest BCUT2D eigenvalue weighted by Gasteiger charge is -2.09. The summed E-state index contributed by atoms with van der Waals surface area (Å²) in [5.41, 5.74) is 15.0. The third-order valence-electron chi connectivity index (χ3n) is 3.61. The molecule has 2 rings (SSSR count). The summed E-state index contributed by atoms with van der Waals surface area (Å²) in [5.74, 6) is 1.53. The van der Waals surface area contributed by atoms with Gasteiger partial charge in [-0.3, -0.25) is 4.79 Å². The standard InChI is InChI=1S/C10H13NO2.C8H11NO/c1-6-9(13-3)5-4-8(7(2)12)10(6)11;1-6-7(9)4-3-5-8(6)10-2/h4-5H,11H2,1-3H3;3-5H,9H2,1-2H3. The SMILES string of the molecule is COc1ccc(C(C)=O)c(N)c1C.COc1cccc(N)c1C. The predicted molar refractivity (Wildman–Crippen MR) is 94.3 cm³/mol. The topological polar surface area (TPSA) is 87.6 Å². The average Bonchev–Trinajstić information content (AvgIpc) is 2.53. The summed E-state index contributed by atoms with van der Waals surface area (Å²) in [7, 11) is 3.22. The second kappa shape index (κ2) is 8.08. The molecule has 4 N–H and O–H groups in total. The van der Waals surface area contributed by atoms with Crippen molar-refractivity contribution in [2.75, 3.05) is 25.7 Å². The van der Waals surface area contributed by atoms with Gasteiger partial charge in [0.15, 0.2) is 5.78 Å². The maximum Gasteiger partial charge on any atom is 0.161 e. The fourth-order valence-corrected chi connectivity index (χ4v) is 2.09. The molecule has 0 aromatic heterocycles. The van der Waals surface area contributed by atoms with Crippen LogP contribution in [0.4, 0.5) is 11.4 Å². The van der Waals surface area contributed by atoms with Gasteiger partial charge in [-0.25, -0.2) is 0 Å². The number of hydrogen-bond acceptors (Lipinski definition) is 5. The Morgan fingerprint density at radius 2 is 1.48 bits per heavy atom. The molecule has 0 aliphatic heterocycles. The van der Waals surface area contributed by atoms with E-state index in [0.29, 0.717) is 17.0 Å². The molecule has 0 fully saturated rings. The predicted octanol–water partition coefficient (Wildman–Crippen LogP) is 3.37. The number of benzene rings is 2. The highest BCUT2D eigenvalue weighted by Gasteiger charge is 2.09. The number of rotatable bonds is 3. The van der Waals surface area contributed by atoms with Gasteiger partial charge in [0.2, 0.25) is 0 Å². The van der Waals surface area contributed by atoms with Gasteiger partial charge < -0.3 is 20.9 Å². The largest absolute Gasteiger partial charge is 0.496 e. The number of carbonyl (C=O) groups excluding carboxylic acids is 1. The van der Waals surface area contributed by atoms with Crippen molar-refractivity contribution in [1.82, 2.24) is 0 Å². The summed E-state index contributed by atoms with van der Waals surface area (Å²) >= 11 is 0. The molecule has 0 heterocycles. The molecule has 23 heavy (non-hydrogen) atoms. The molecule has 5 nitrogen and oxygen atoms in total. The van der Waals surface area contributed by atoms with Crippen molar-refractivity contribution in [1.29, 1.82) is 0 Å². The van der Waals surface area contributed by atoms with Crippen molar-refractivity contribution in [3.8, 4) is 11.5 Å². The lowest BCUT2D eigenvalue weighted by Crippen LogP contribution is -2.03. The van der Waals surface area contributed by atoms with E-state index in [9.17, 15) is 4.79 Å². The quantitative estimate of drug-likeness (QED) is 0.669. The van der Waals surface area contributed by atoms with E-state index < -0.39 is 0 Å². The Bertz CT molecular complexity index is 697. The van der Waals surface area contributed by atoms with E-state index in [1.54, 1.807) is 26.4 Å². The molecule has 0 unspecified atom stereocenters. The zero-order valence-electron chi connectivity index (χ0n) is 14.3. The molecule has 2 aromatic carbocycles. The molecule has 2 aromatic rings. The third kappa shape index (κ3) is 4.39. The van der Waals surface area contributed by atoms with Crippen LogP contribution in [0.3, 0.4) is 0 Å². The number of methoxy groups -OCH3 is 2. The van der Waals surface area contributed by atoms with E-state index in [4.69, 9.17) is 20.9 Å². The van der Waals surface area contributed by atoms with Crippen LogP contribution < -0.4 is 20.9 Å². The number of ether oxygens (including phenoxy) is 2. The van der Waals surface area contributed by atoms with Crippen LogP contribution in [0.2, 0.25) is 0 Å². The van der Waals surface area contributed by atoms with Gasteiger partial charge in [-0.2, -0.15) is 0 Å². The van der Waals surface area contributed by atoms with Crippen LogP contribution >= 0.6 is 0 Å². The molecular weight excluding hydrogens is 292 g/mol. The van der Waals surface area contributed by atoms with Crippen LogP contribution in [0.25, 0.3) is 0 Å². The van der Waals surface area contributed by atoms with Crippen LogP contribution in [0.1, 0.15) is 28.4 Å². The van der Waals surface area contributed by atoms with Crippen molar-refractivity contribution in [3.63, 3.8) is 0 Å². The maximum absolute atomic E-state index is 11.1. The Hall–Kier alpha value is -2.69. The Labute approximate surface area is 137 Å². The smallest absolute Gasteiger partial charge is 0.161 e. The molecule has 0 spiro atoms. The average molecular weight is 316 g/mol. The Morgan fingerprint density at radius 1 is 0.913 bits per heavy atom. The third-order valence-corrected chi connectivity index (χ3v) is 3.61. The molecule has 0 atom stereocenters. The van der Waals surface area contributed by atoms with Crippen LogP contribution in [-0.4, -0.2) is 20.0 Å². The summed E-state index contributed by atoms with van der Waals surface area (Å²) in [6.45, 7) is 5.27. The Kier molecular flexibility index (Phi) is 6.45. The van der Waals surface area contributed by atoms with Gasteiger partial charge in [-0.05, 0) is 45.0 Å². The summed E-state index contributed by atoms with van der Waals surface area (Å²) in [5, 5.41) is 0. The molecule has 0 aliphatic carbocycles. The first-order chi connectivity index (χ1) is 10.8. The molecule has 0 bridgehead atoms. The molecule has 0 amide bonds. The first kappa shape index (κ1) is 18.4. The summed E-state index contributed by atoms with van der Waals surface area (Å²) in [6, 6.07) is 9.07. The van der Waals surface area contributed by atoms with E-state index in [2.05, 4.69) is 0 Å². The zero-order chi connectivity index (χ0) is 17.6. The minimum Gasteiger partial charge on any atom is -0.496 e. The second-order valence-electron chi connectivity index (χ2n) is 5.08. The molecule has 0 saturated heterocycles. The monoisotopic (exact) mass is 316 g/mol. The van der Waals surface area contributed by atoms with Crippen LogP contribution in [0.15, 0.2) is 30.3 Å². The van der Waals surface area contributed by atoms with Crippen molar-refractivity contribution >= 4 is 17.2 Å². The van der Waals surface area contributed by atoms with Crippen LogP contribution in [0, 0.1) is 13.8 Å². The van der Waals surface area contributed by atoms with E-state index in [1.165, 1.54) is 6.92 Å². The van der Waals surface area contributed by atoms with Gasteiger partial charge in [0.1, 0.15) is 11.5 Å². The van der Waals surface area contributed by atoms with Gasteiger partial charge in [0.25, 0.3) is 0 Å². The molecule has 0 saturated carbocycles. The maximum atomic E-state index is 11.1. The van der Waals surface area contributed by atoms with E-state index >= 15 is 0 Å². The minimum atomic E-state index is -0.0248. The fraction of sp³-hybridized carbons (Fsp3) is 0.278. The van der Waals surface area contributed by atoms with Gasteiger partial charge in [-0.1, -0.05) is 6.07 Å². The van der Waals surface area contributed by atoms with E-state index in [0.717, 1.165) is 22.6 Å². The lowest BCUT2D eigenvalue weighted by atomic mass is 10.0. The molecule has 0 radical (unpaired) electrons.